The predicted octanol–water partition coefficient (Wildman–Crippen LogP) is 4.58. The van der Waals surface area contributed by atoms with E-state index in [1.807, 2.05) is 42.5 Å². The Bertz CT molecular complexity index is 1160. The Labute approximate surface area is 165 Å². The van der Waals surface area contributed by atoms with E-state index in [0.717, 1.165) is 45.2 Å². The number of H-pyrrole nitrogens is 1. The third-order valence-corrected chi connectivity index (χ3v) is 5.23. The quantitative estimate of drug-likeness (QED) is 0.498. The molecule has 0 aliphatic rings. The van der Waals surface area contributed by atoms with Gasteiger partial charge in [0.05, 0.1) is 4.88 Å². The second kappa shape index (κ2) is 7.52. The maximum absolute atomic E-state index is 11.3. The molecule has 28 heavy (non-hydrogen) atoms. The van der Waals surface area contributed by atoms with Gasteiger partial charge in [0, 0.05) is 12.3 Å². The van der Waals surface area contributed by atoms with Gasteiger partial charge < -0.3 is 14.3 Å². The highest BCUT2D eigenvalue weighted by Gasteiger charge is 2.10. The minimum Gasteiger partial charge on any atom is -0.494 e. The van der Waals surface area contributed by atoms with Crippen LogP contribution in [-0.4, -0.2) is 15.1 Å². The number of thiazole rings is 1. The van der Waals surface area contributed by atoms with E-state index >= 15 is 0 Å². The van der Waals surface area contributed by atoms with E-state index < -0.39 is 0 Å². The van der Waals surface area contributed by atoms with Crippen LogP contribution in [0, 0.1) is 0 Å². The summed E-state index contributed by atoms with van der Waals surface area (Å²) in [4.78, 5) is 18.5. The van der Waals surface area contributed by atoms with Gasteiger partial charge in [0.1, 0.15) is 17.9 Å². The normalized spacial score (nSPS) is 11.4. The molecule has 0 bridgehead atoms. The van der Waals surface area contributed by atoms with Crippen molar-refractivity contribution in [3.63, 3.8) is 0 Å². The van der Waals surface area contributed by atoms with Crippen LogP contribution in [0.25, 0.3) is 11.1 Å². The molecule has 0 fully saturated rings. The highest BCUT2D eigenvalue weighted by atomic mass is 32.1. The lowest BCUT2D eigenvalue weighted by atomic mass is 10.1. The van der Waals surface area contributed by atoms with E-state index in [1.165, 1.54) is 0 Å². The molecule has 2 heterocycles. The molecule has 0 saturated heterocycles. The maximum atomic E-state index is 11.3. The molecule has 0 spiro atoms. The topological polar surface area (TPSA) is 88.3 Å². The standard InChI is InChI=1S/C21H20N2O4S/c1-12(2)20-22-16-9-14(5-8-17(16)27-20)11-26-15-6-3-13(4-7-15)10-18-19(24)23-21(25)28-18/h3-9,12,24H,10-11H2,1-2H3,(H,23,25). The third kappa shape index (κ3) is 3.94. The van der Waals surface area contributed by atoms with E-state index in [9.17, 15) is 9.90 Å². The number of rotatable bonds is 6. The van der Waals surface area contributed by atoms with Gasteiger partial charge in [-0.15, -0.1) is 0 Å². The smallest absolute Gasteiger partial charge is 0.307 e. The molecule has 0 aliphatic heterocycles. The van der Waals surface area contributed by atoms with E-state index in [2.05, 4.69) is 23.8 Å². The number of nitrogens with one attached hydrogen (secondary N) is 1. The molecule has 6 nitrogen and oxygen atoms in total. The van der Waals surface area contributed by atoms with Crippen LogP contribution in [0.15, 0.2) is 51.7 Å². The average Bonchev–Trinajstić information content (AvgIpc) is 3.23. The largest absolute Gasteiger partial charge is 0.494 e. The van der Waals surface area contributed by atoms with Crippen molar-refractivity contribution < 1.29 is 14.3 Å². The van der Waals surface area contributed by atoms with Crippen LogP contribution in [0.2, 0.25) is 0 Å². The van der Waals surface area contributed by atoms with Gasteiger partial charge in [0.15, 0.2) is 11.5 Å². The average molecular weight is 396 g/mol. The highest BCUT2D eigenvalue weighted by molar-refractivity contribution is 7.09. The van der Waals surface area contributed by atoms with Gasteiger partial charge in [0.2, 0.25) is 5.88 Å². The summed E-state index contributed by atoms with van der Waals surface area (Å²) in [6, 6.07) is 13.5. The van der Waals surface area contributed by atoms with Crippen LogP contribution in [0.5, 0.6) is 11.6 Å². The Kier molecular flexibility index (Phi) is 4.92. The third-order valence-electron chi connectivity index (χ3n) is 4.36. The first-order valence-corrected chi connectivity index (χ1v) is 9.81. The summed E-state index contributed by atoms with van der Waals surface area (Å²) >= 11 is 1.02. The number of aromatic nitrogens is 2. The van der Waals surface area contributed by atoms with Crippen molar-refractivity contribution in [2.45, 2.75) is 32.8 Å². The molecule has 7 heteroatoms. The first-order valence-electron chi connectivity index (χ1n) is 9.00. The second-order valence-electron chi connectivity index (χ2n) is 6.90. The maximum Gasteiger partial charge on any atom is 0.307 e. The van der Waals surface area contributed by atoms with E-state index in [0.29, 0.717) is 17.9 Å². The molecule has 0 saturated carbocycles. The summed E-state index contributed by atoms with van der Waals surface area (Å²) in [5.74, 6) is 1.68. The summed E-state index contributed by atoms with van der Waals surface area (Å²) in [6.07, 6.45) is 0.497. The molecule has 0 unspecified atom stereocenters. The lowest BCUT2D eigenvalue weighted by Gasteiger charge is -2.07. The lowest BCUT2D eigenvalue weighted by Crippen LogP contribution is -1.95. The molecular formula is C21H20N2O4S. The van der Waals surface area contributed by atoms with Crippen LogP contribution in [0.4, 0.5) is 0 Å². The Balaban J connectivity index is 1.41. The van der Waals surface area contributed by atoms with Crippen molar-refractivity contribution in [3.8, 4) is 11.6 Å². The summed E-state index contributed by atoms with van der Waals surface area (Å²) in [7, 11) is 0. The van der Waals surface area contributed by atoms with Crippen LogP contribution in [0.1, 0.15) is 41.7 Å². The van der Waals surface area contributed by atoms with E-state index in [4.69, 9.17) is 9.15 Å². The molecule has 4 aromatic rings. The Morgan fingerprint density at radius 3 is 2.61 bits per heavy atom. The summed E-state index contributed by atoms with van der Waals surface area (Å²) in [5, 5.41) is 9.68. The van der Waals surface area contributed by atoms with Gasteiger partial charge in [-0.2, -0.15) is 0 Å². The Morgan fingerprint density at radius 2 is 1.93 bits per heavy atom. The van der Waals surface area contributed by atoms with Crippen molar-refractivity contribution in [1.29, 1.82) is 0 Å². The molecular weight excluding hydrogens is 376 g/mol. The number of fused-ring (bicyclic) bond motifs is 1. The van der Waals surface area contributed by atoms with Crippen molar-refractivity contribution in [2.75, 3.05) is 0 Å². The summed E-state index contributed by atoms with van der Waals surface area (Å²) < 4.78 is 11.6. The zero-order valence-electron chi connectivity index (χ0n) is 15.6. The van der Waals surface area contributed by atoms with Crippen LogP contribution in [-0.2, 0) is 13.0 Å². The molecule has 0 atom stereocenters. The summed E-state index contributed by atoms with van der Waals surface area (Å²) in [5.41, 5.74) is 3.63. The molecule has 0 radical (unpaired) electrons. The predicted molar refractivity (Wildman–Crippen MR) is 108 cm³/mol. The number of aromatic amines is 1. The van der Waals surface area contributed by atoms with Gasteiger partial charge in [0.25, 0.3) is 0 Å². The highest BCUT2D eigenvalue weighted by Crippen LogP contribution is 2.24. The molecule has 2 N–H and O–H groups in total. The molecule has 0 amide bonds. The minimum atomic E-state index is -0.253. The number of hydrogen-bond donors (Lipinski definition) is 2. The monoisotopic (exact) mass is 396 g/mol. The molecule has 144 valence electrons. The number of benzene rings is 2. The number of aromatic hydroxyl groups is 1. The van der Waals surface area contributed by atoms with Gasteiger partial charge in [-0.3, -0.25) is 9.78 Å². The molecule has 0 aliphatic carbocycles. The van der Waals surface area contributed by atoms with Crippen molar-refractivity contribution in [3.05, 3.63) is 74.0 Å². The second-order valence-corrected chi connectivity index (χ2v) is 7.97. The number of oxazole rings is 1. The van der Waals surface area contributed by atoms with Gasteiger partial charge >= 0.3 is 4.87 Å². The first kappa shape index (κ1) is 18.3. The van der Waals surface area contributed by atoms with Crippen LogP contribution >= 0.6 is 11.3 Å². The molecule has 2 aromatic heterocycles. The van der Waals surface area contributed by atoms with Gasteiger partial charge in [-0.25, -0.2) is 4.98 Å². The zero-order chi connectivity index (χ0) is 19.7. The number of nitrogens with zero attached hydrogens (tertiary/aromatic N) is 1. The fraction of sp³-hybridized carbons (Fsp3) is 0.238. The fourth-order valence-electron chi connectivity index (χ4n) is 2.86. The number of hydrogen-bond acceptors (Lipinski definition) is 6. The fourth-order valence-corrected chi connectivity index (χ4v) is 3.61. The van der Waals surface area contributed by atoms with E-state index in [1.54, 1.807) is 0 Å². The van der Waals surface area contributed by atoms with Crippen LogP contribution in [0.3, 0.4) is 0 Å². The van der Waals surface area contributed by atoms with Gasteiger partial charge in [-0.1, -0.05) is 43.4 Å². The zero-order valence-corrected chi connectivity index (χ0v) is 16.4. The Hall–Kier alpha value is -3.06. The SMILES string of the molecule is CC(C)c1nc2cc(COc3ccc(Cc4sc(=O)[nH]c4O)cc3)ccc2o1. The minimum absolute atomic E-state index is 0.0563. The molecule has 4 rings (SSSR count). The lowest BCUT2D eigenvalue weighted by molar-refractivity contribution is 0.306. The molecule has 2 aromatic carbocycles. The first-order chi connectivity index (χ1) is 13.5. The van der Waals surface area contributed by atoms with Crippen molar-refractivity contribution in [2.24, 2.45) is 0 Å². The van der Waals surface area contributed by atoms with Crippen LogP contribution < -0.4 is 9.61 Å². The van der Waals surface area contributed by atoms with Crippen molar-refractivity contribution in [1.82, 2.24) is 9.97 Å². The van der Waals surface area contributed by atoms with E-state index in [-0.39, 0.29) is 16.7 Å². The van der Waals surface area contributed by atoms with Crippen molar-refractivity contribution >= 4 is 22.4 Å². The number of ether oxygens (including phenoxy) is 1. The Morgan fingerprint density at radius 1 is 1.18 bits per heavy atom. The summed E-state index contributed by atoms with van der Waals surface area (Å²) in [6.45, 7) is 4.53. The van der Waals surface area contributed by atoms with Gasteiger partial charge in [-0.05, 0) is 35.4 Å².